The van der Waals surface area contributed by atoms with Crippen LogP contribution in [0.2, 0.25) is 0 Å². The first-order valence-corrected chi connectivity index (χ1v) is 6.50. The lowest BCUT2D eigenvalue weighted by atomic mass is 9.94. The van der Waals surface area contributed by atoms with Crippen LogP contribution in [0.25, 0.3) is 23.3 Å². The van der Waals surface area contributed by atoms with Crippen molar-refractivity contribution in [1.82, 2.24) is 0 Å². The smallest absolute Gasteiger partial charge is 0.00820 e. The molecule has 0 aliphatic heterocycles. The molecular formula is C18H14. The number of benzene rings is 2. The van der Waals surface area contributed by atoms with Crippen LogP contribution in [0.15, 0.2) is 48.6 Å². The molecule has 0 heterocycles. The van der Waals surface area contributed by atoms with Crippen molar-refractivity contribution in [2.75, 3.05) is 0 Å². The number of hydrogen-bond acceptors (Lipinski definition) is 0. The van der Waals surface area contributed by atoms with Crippen LogP contribution in [0, 0.1) is 0 Å². The van der Waals surface area contributed by atoms with E-state index in [1.54, 1.807) is 0 Å². The molecule has 18 heavy (non-hydrogen) atoms. The average molecular weight is 230 g/mol. The predicted octanol–water partition coefficient (Wildman–Crippen LogP) is 4.49. The van der Waals surface area contributed by atoms with E-state index in [1.165, 1.54) is 33.4 Å². The summed E-state index contributed by atoms with van der Waals surface area (Å²) in [7, 11) is 0. The van der Waals surface area contributed by atoms with Crippen LogP contribution in [0.1, 0.15) is 22.3 Å². The van der Waals surface area contributed by atoms with Crippen LogP contribution in [0.5, 0.6) is 0 Å². The summed E-state index contributed by atoms with van der Waals surface area (Å²) in [5, 5.41) is 0. The SMILES string of the molecule is C1=Cc2cc(-c3cccc4c3CC=C4)ccc2C1. The van der Waals surface area contributed by atoms with Crippen LogP contribution in [-0.2, 0) is 12.8 Å². The van der Waals surface area contributed by atoms with Gasteiger partial charge in [0.05, 0.1) is 0 Å². The molecule has 0 saturated carbocycles. The van der Waals surface area contributed by atoms with Gasteiger partial charge < -0.3 is 0 Å². The maximum absolute atomic E-state index is 2.33. The van der Waals surface area contributed by atoms with Crippen molar-refractivity contribution in [3.8, 4) is 11.1 Å². The molecule has 0 fully saturated rings. The minimum absolute atomic E-state index is 1.07. The minimum Gasteiger partial charge on any atom is -0.0795 e. The summed E-state index contributed by atoms with van der Waals surface area (Å²) < 4.78 is 0. The zero-order chi connectivity index (χ0) is 11.9. The Labute approximate surface area is 107 Å². The molecule has 4 rings (SSSR count). The average Bonchev–Trinajstić information content (AvgIpc) is 3.05. The normalized spacial score (nSPS) is 14.9. The Morgan fingerprint density at radius 3 is 2.67 bits per heavy atom. The molecule has 0 N–H and O–H groups in total. The summed E-state index contributed by atoms with van der Waals surface area (Å²) >= 11 is 0. The third-order valence-corrected chi connectivity index (χ3v) is 3.92. The molecule has 2 aliphatic carbocycles. The molecular weight excluding hydrogens is 216 g/mol. The molecule has 0 bridgehead atoms. The van der Waals surface area contributed by atoms with Gasteiger partial charge in [-0.3, -0.25) is 0 Å². The van der Waals surface area contributed by atoms with E-state index in [9.17, 15) is 0 Å². The fourth-order valence-electron chi connectivity index (χ4n) is 2.98. The molecule has 0 saturated heterocycles. The van der Waals surface area contributed by atoms with Crippen molar-refractivity contribution < 1.29 is 0 Å². The second kappa shape index (κ2) is 3.71. The van der Waals surface area contributed by atoms with Gasteiger partial charge in [-0.05, 0) is 52.3 Å². The molecule has 0 aromatic heterocycles. The Kier molecular flexibility index (Phi) is 2.04. The molecule has 0 radical (unpaired) electrons. The first kappa shape index (κ1) is 9.90. The zero-order valence-electron chi connectivity index (χ0n) is 10.2. The van der Waals surface area contributed by atoms with Crippen molar-refractivity contribution in [1.29, 1.82) is 0 Å². The first-order valence-electron chi connectivity index (χ1n) is 6.50. The summed E-state index contributed by atoms with van der Waals surface area (Å²) in [4.78, 5) is 0. The van der Waals surface area contributed by atoms with E-state index < -0.39 is 0 Å². The van der Waals surface area contributed by atoms with Crippen molar-refractivity contribution >= 4 is 12.2 Å². The third-order valence-electron chi connectivity index (χ3n) is 3.92. The van der Waals surface area contributed by atoms with Crippen LogP contribution in [0.4, 0.5) is 0 Å². The highest BCUT2D eigenvalue weighted by atomic mass is 14.2. The molecule has 0 heteroatoms. The fourth-order valence-corrected chi connectivity index (χ4v) is 2.98. The van der Waals surface area contributed by atoms with Crippen LogP contribution >= 0.6 is 0 Å². The van der Waals surface area contributed by atoms with Crippen LogP contribution < -0.4 is 0 Å². The summed E-state index contributed by atoms with van der Waals surface area (Å²) in [5.41, 5.74) is 8.42. The Morgan fingerprint density at radius 2 is 1.67 bits per heavy atom. The Bertz CT molecular complexity index is 687. The van der Waals surface area contributed by atoms with Crippen LogP contribution in [0.3, 0.4) is 0 Å². The van der Waals surface area contributed by atoms with Crippen LogP contribution in [-0.4, -0.2) is 0 Å². The molecule has 86 valence electrons. The number of rotatable bonds is 1. The first-order chi connectivity index (χ1) is 8.92. The summed E-state index contributed by atoms with van der Waals surface area (Å²) in [6.45, 7) is 0. The van der Waals surface area contributed by atoms with Gasteiger partial charge in [-0.2, -0.15) is 0 Å². The lowest BCUT2D eigenvalue weighted by Crippen LogP contribution is -1.90. The number of fused-ring (bicyclic) bond motifs is 2. The third kappa shape index (κ3) is 1.39. The van der Waals surface area contributed by atoms with E-state index in [4.69, 9.17) is 0 Å². The standard InChI is InChI=1S/C18H14/c1-4-13-10-11-16(12-15(13)7-1)18-9-3-6-14-5-2-8-17(14)18/h1-3,5-7,9-12H,4,8H2. The molecule has 0 nitrogen and oxygen atoms in total. The van der Waals surface area contributed by atoms with Gasteiger partial charge in [-0.1, -0.05) is 54.6 Å². The van der Waals surface area contributed by atoms with Crippen molar-refractivity contribution in [2.24, 2.45) is 0 Å². The minimum atomic E-state index is 1.07. The Hall–Kier alpha value is -2.08. The Balaban J connectivity index is 1.89. The van der Waals surface area contributed by atoms with Gasteiger partial charge in [0.1, 0.15) is 0 Å². The molecule has 2 aromatic carbocycles. The highest BCUT2D eigenvalue weighted by Crippen LogP contribution is 2.33. The van der Waals surface area contributed by atoms with E-state index in [-0.39, 0.29) is 0 Å². The van der Waals surface area contributed by atoms with Gasteiger partial charge in [-0.15, -0.1) is 0 Å². The number of hydrogen-bond donors (Lipinski definition) is 0. The largest absolute Gasteiger partial charge is 0.0795 e. The molecule has 0 spiro atoms. The molecule has 2 aromatic rings. The molecule has 0 amide bonds. The molecule has 0 unspecified atom stereocenters. The van der Waals surface area contributed by atoms with Crippen molar-refractivity contribution in [3.63, 3.8) is 0 Å². The fraction of sp³-hybridized carbons (Fsp3) is 0.111. The predicted molar refractivity (Wildman–Crippen MR) is 77.4 cm³/mol. The maximum atomic E-state index is 2.33. The highest BCUT2D eigenvalue weighted by Gasteiger charge is 2.13. The maximum Gasteiger partial charge on any atom is -0.00820 e. The Morgan fingerprint density at radius 1 is 0.778 bits per heavy atom. The van der Waals surface area contributed by atoms with Gasteiger partial charge in [-0.25, -0.2) is 0 Å². The zero-order valence-corrected chi connectivity index (χ0v) is 10.2. The van der Waals surface area contributed by atoms with E-state index in [0.717, 1.165) is 12.8 Å². The quantitative estimate of drug-likeness (QED) is 0.677. The van der Waals surface area contributed by atoms with Crippen molar-refractivity contribution in [2.45, 2.75) is 12.8 Å². The van der Waals surface area contributed by atoms with Gasteiger partial charge in [0.15, 0.2) is 0 Å². The van der Waals surface area contributed by atoms with E-state index >= 15 is 0 Å². The summed E-state index contributed by atoms with van der Waals surface area (Å²) in [5.74, 6) is 0. The molecule has 0 atom stereocenters. The lowest BCUT2D eigenvalue weighted by molar-refractivity contribution is 1.29. The van der Waals surface area contributed by atoms with Crippen molar-refractivity contribution in [3.05, 3.63) is 70.8 Å². The highest BCUT2D eigenvalue weighted by molar-refractivity contribution is 5.78. The number of allylic oxidation sites excluding steroid dienone is 2. The second-order valence-corrected chi connectivity index (χ2v) is 5.00. The topological polar surface area (TPSA) is 0 Å². The van der Waals surface area contributed by atoms with Gasteiger partial charge in [0.25, 0.3) is 0 Å². The van der Waals surface area contributed by atoms with E-state index in [0.29, 0.717) is 0 Å². The summed E-state index contributed by atoms with van der Waals surface area (Å²) in [6.07, 6.45) is 11.1. The monoisotopic (exact) mass is 230 g/mol. The summed E-state index contributed by atoms with van der Waals surface area (Å²) in [6, 6.07) is 13.5. The van der Waals surface area contributed by atoms with E-state index in [2.05, 4.69) is 60.7 Å². The second-order valence-electron chi connectivity index (χ2n) is 5.00. The van der Waals surface area contributed by atoms with E-state index in [1.807, 2.05) is 0 Å². The van der Waals surface area contributed by atoms with Gasteiger partial charge in [0, 0.05) is 0 Å². The van der Waals surface area contributed by atoms with Gasteiger partial charge >= 0.3 is 0 Å². The lowest BCUT2D eigenvalue weighted by Gasteiger charge is -2.10. The van der Waals surface area contributed by atoms with Gasteiger partial charge in [0.2, 0.25) is 0 Å². The molecule has 2 aliphatic rings.